The summed E-state index contributed by atoms with van der Waals surface area (Å²) in [7, 11) is -2.19. The van der Waals surface area contributed by atoms with Crippen LogP contribution in [0.1, 0.15) is 20.1 Å². The lowest BCUT2D eigenvalue weighted by atomic mass is 10.3. The SMILES string of the molecule is CNS(=O)(=O)c1c(C)sc(C)c1C=O. The van der Waals surface area contributed by atoms with Gasteiger partial charge in [-0.2, -0.15) is 0 Å². The Balaban J connectivity index is 3.56. The lowest BCUT2D eigenvalue weighted by molar-refractivity contribution is 0.112. The number of thiophene rings is 1. The van der Waals surface area contributed by atoms with Crippen molar-refractivity contribution in [3.05, 3.63) is 15.3 Å². The third kappa shape index (κ3) is 1.73. The highest BCUT2D eigenvalue weighted by Crippen LogP contribution is 2.29. The number of aldehydes is 1. The van der Waals surface area contributed by atoms with Crippen molar-refractivity contribution in [3.63, 3.8) is 0 Å². The molecule has 4 nitrogen and oxygen atoms in total. The lowest BCUT2D eigenvalue weighted by Crippen LogP contribution is -2.20. The van der Waals surface area contributed by atoms with Gasteiger partial charge in [-0.25, -0.2) is 13.1 Å². The molecule has 1 aromatic heterocycles. The van der Waals surface area contributed by atoms with E-state index in [1.807, 2.05) is 0 Å². The van der Waals surface area contributed by atoms with Crippen LogP contribution < -0.4 is 4.72 Å². The monoisotopic (exact) mass is 233 g/mol. The molecule has 1 heterocycles. The van der Waals surface area contributed by atoms with Gasteiger partial charge in [-0.3, -0.25) is 4.79 Å². The second kappa shape index (κ2) is 3.80. The average Bonchev–Trinajstić information content (AvgIpc) is 2.40. The van der Waals surface area contributed by atoms with Crippen molar-refractivity contribution in [1.82, 2.24) is 4.72 Å². The number of hydrogen-bond acceptors (Lipinski definition) is 4. The zero-order valence-corrected chi connectivity index (χ0v) is 9.75. The van der Waals surface area contributed by atoms with Crippen LogP contribution in [0.4, 0.5) is 0 Å². The smallest absolute Gasteiger partial charge is 0.242 e. The van der Waals surface area contributed by atoms with Crippen LogP contribution in [-0.2, 0) is 10.0 Å². The Morgan fingerprint density at radius 3 is 2.29 bits per heavy atom. The molecule has 0 radical (unpaired) electrons. The summed E-state index contributed by atoms with van der Waals surface area (Å²) in [6.45, 7) is 3.42. The molecule has 0 fully saturated rings. The van der Waals surface area contributed by atoms with Crippen molar-refractivity contribution >= 4 is 27.6 Å². The van der Waals surface area contributed by atoms with Gasteiger partial charge in [-0.05, 0) is 20.9 Å². The van der Waals surface area contributed by atoms with Crippen LogP contribution in [-0.4, -0.2) is 21.8 Å². The lowest BCUT2D eigenvalue weighted by Gasteiger charge is -2.01. The quantitative estimate of drug-likeness (QED) is 0.795. The number of aryl methyl sites for hydroxylation is 2. The Bertz CT molecular complexity index is 459. The van der Waals surface area contributed by atoms with Gasteiger partial charge in [-0.1, -0.05) is 0 Å². The highest BCUT2D eigenvalue weighted by Gasteiger charge is 2.23. The van der Waals surface area contributed by atoms with E-state index in [0.717, 1.165) is 4.88 Å². The van der Waals surface area contributed by atoms with Crippen molar-refractivity contribution in [2.75, 3.05) is 7.05 Å². The molecular formula is C8H11NO3S2. The number of carbonyl (C=O) groups excluding carboxylic acids is 1. The first-order valence-corrected chi connectivity index (χ1v) is 6.22. The van der Waals surface area contributed by atoms with Gasteiger partial charge in [0.1, 0.15) is 4.90 Å². The third-order valence-corrected chi connectivity index (χ3v) is 4.67. The van der Waals surface area contributed by atoms with Gasteiger partial charge >= 0.3 is 0 Å². The van der Waals surface area contributed by atoms with Crippen LogP contribution >= 0.6 is 11.3 Å². The summed E-state index contributed by atoms with van der Waals surface area (Å²) in [4.78, 5) is 12.2. The molecule has 0 amide bonds. The van der Waals surface area contributed by atoms with E-state index in [4.69, 9.17) is 0 Å². The zero-order valence-electron chi connectivity index (χ0n) is 8.12. The summed E-state index contributed by atoms with van der Waals surface area (Å²) in [5, 5.41) is 0. The highest BCUT2D eigenvalue weighted by atomic mass is 32.2. The maximum atomic E-state index is 11.6. The van der Waals surface area contributed by atoms with E-state index in [1.54, 1.807) is 13.8 Å². The number of hydrogen-bond donors (Lipinski definition) is 1. The minimum Gasteiger partial charge on any atom is -0.298 e. The van der Waals surface area contributed by atoms with E-state index in [2.05, 4.69) is 4.72 Å². The van der Waals surface area contributed by atoms with Crippen LogP contribution in [0.5, 0.6) is 0 Å². The number of carbonyl (C=O) groups is 1. The normalized spacial score (nSPS) is 11.6. The fraction of sp³-hybridized carbons (Fsp3) is 0.375. The third-order valence-electron chi connectivity index (χ3n) is 1.91. The van der Waals surface area contributed by atoms with Crippen molar-refractivity contribution < 1.29 is 13.2 Å². The van der Waals surface area contributed by atoms with E-state index in [1.165, 1.54) is 18.4 Å². The Labute approximate surface area is 87.0 Å². The summed E-state index contributed by atoms with van der Waals surface area (Å²) < 4.78 is 25.3. The molecule has 1 rings (SSSR count). The molecule has 0 aliphatic rings. The molecule has 0 aromatic carbocycles. The minimum atomic E-state index is -3.52. The molecule has 0 atom stereocenters. The molecule has 0 saturated heterocycles. The van der Waals surface area contributed by atoms with Gasteiger partial charge in [0.2, 0.25) is 10.0 Å². The molecule has 14 heavy (non-hydrogen) atoms. The minimum absolute atomic E-state index is 0.109. The van der Waals surface area contributed by atoms with E-state index in [0.29, 0.717) is 11.2 Å². The Morgan fingerprint density at radius 2 is 1.86 bits per heavy atom. The molecular weight excluding hydrogens is 222 g/mol. The summed E-state index contributed by atoms with van der Waals surface area (Å²) in [6.07, 6.45) is 0.586. The molecule has 78 valence electrons. The topological polar surface area (TPSA) is 63.2 Å². The van der Waals surface area contributed by atoms with Gasteiger partial charge in [0.05, 0.1) is 0 Å². The molecule has 0 spiro atoms. The van der Waals surface area contributed by atoms with Crippen molar-refractivity contribution in [2.45, 2.75) is 18.7 Å². The summed E-state index contributed by atoms with van der Waals surface area (Å²) in [6, 6.07) is 0. The van der Waals surface area contributed by atoms with Gasteiger partial charge in [0, 0.05) is 15.3 Å². The predicted molar refractivity (Wildman–Crippen MR) is 55.4 cm³/mol. The Hall–Kier alpha value is -0.720. The van der Waals surface area contributed by atoms with E-state index >= 15 is 0 Å². The predicted octanol–water partition coefficient (Wildman–Crippen LogP) is 1.09. The summed E-state index contributed by atoms with van der Waals surface area (Å²) in [5.74, 6) is 0. The van der Waals surface area contributed by atoms with Crippen molar-refractivity contribution in [2.24, 2.45) is 0 Å². The van der Waals surface area contributed by atoms with Crippen LogP contribution in [0, 0.1) is 13.8 Å². The van der Waals surface area contributed by atoms with Gasteiger partial charge < -0.3 is 0 Å². The maximum absolute atomic E-state index is 11.6. The van der Waals surface area contributed by atoms with Crippen LogP contribution in [0.15, 0.2) is 4.90 Å². The molecule has 0 saturated carbocycles. The first kappa shape index (κ1) is 11.4. The largest absolute Gasteiger partial charge is 0.298 e. The molecule has 0 aliphatic heterocycles. The average molecular weight is 233 g/mol. The molecule has 6 heteroatoms. The van der Waals surface area contributed by atoms with Gasteiger partial charge in [-0.15, -0.1) is 11.3 Å². The standard InChI is InChI=1S/C8H11NO3S2/c1-5-7(4-10)8(6(2)13-5)14(11,12)9-3/h4,9H,1-3H3. The summed E-state index contributed by atoms with van der Waals surface area (Å²) >= 11 is 1.31. The first-order chi connectivity index (χ1) is 6.44. The zero-order chi connectivity index (χ0) is 10.9. The van der Waals surface area contributed by atoms with Crippen LogP contribution in [0.3, 0.4) is 0 Å². The number of rotatable bonds is 3. The Kier molecular flexibility index (Phi) is 3.08. The number of nitrogens with one attached hydrogen (secondary N) is 1. The van der Waals surface area contributed by atoms with Gasteiger partial charge in [0.15, 0.2) is 6.29 Å². The van der Waals surface area contributed by atoms with E-state index in [9.17, 15) is 13.2 Å². The van der Waals surface area contributed by atoms with E-state index < -0.39 is 10.0 Å². The molecule has 0 unspecified atom stereocenters. The van der Waals surface area contributed by atoms with Gasteiger partial charge in [0.25, 0.3) is 0 Å². The van der Waals surface area contributed by atoms with E-state index in [-0.39, 0.29) is 10.5 Å². The van der Waals surface area contributed by atoms with Crippen molar-refractivity contribution in [3.8, 4) is 0 Å². The molecule has 0 aliphatic carbocycles. The first-order valence-electron chi connectivity index (χ1n) is 3.92. The maximum Gasteiger partial charge on any atom is 0.242 e. The van der Waals surface area contributed by atoms with Crippen LogP contribution in [0.25, 0.3) is 0 Å². The second-order valence-electron chi connectivity index (χ2n) is 2.78. The van der Waals surface area contributed by atoms with Crippen LogP contribution in [0.2, 0.25) is 0 Å². The molecule has 0 bridgehead atoms. The fourth-order valence-electron chi connectivity index (χ4n) is 1.25. The molecule has 1 aromatic rings. The Morgan fingerprint density at radius 1 is 1.29 bits per heavy atom. The fourth-order valence-corrected chi connectivity index (χ4v) is 3.77. The summed E-state index contributed by atoms with van der Waals surface area (Å²) in [5.41, 5.74) is 0.266. The number of sulfonamides is 1. The molecule has 1 N–H and O–H groups in total. The highest BCUT2D eigenvalue weighted by molar-refractivity contribution is 7.89. The van der Waals surface area contributed by atoms with Crippen molar-refractivity contribution in [1.29, 1.82) is 0 Å². The second-order valence-corrected chi connectivity index (χ2v) is 6.03.